The van der Waals surface area contributed by atoms with Gasteiger partial charge >= 0.3 is 5.97 Å². The third-order valence-corrected chi connectivity index (χ3v) is 3.01. The predicted molar refractivity (Wildman–Crippen MR) is 75.8 cm³/mol. The zero-order valence-electron chi connectivity index (χ0n) is 11.6. The molecule has 0 aliphatic rings. The third kappa shape index (κ3) is 5.72. The molecule has 8 heteroatoms. The van der Waals surface area contributed by atoms with Crippen LogP contribution in [-0.2, 0) is 14.2 Å². The summed E-state index contributed by atoms with van der Waals surface area (Å²) in [7, 11) is 1.62. The molecule has 0 fully saturated rings. The van der Waals surface area contributed by atoms with Crippen molar-refractivity contribution in [2.75, 3.05) is 45.0 Å². The first-order valence-electron chi connectivity index (χ1n) is 6.18. The minimum absolute atomic E-state index is 0.126. The van der Waals surface area contributed by atoms with Crippen LogP contribution >= 0.6 is 11.8 Å². The number of anilines is 1. The van der Waals surface area contributed by atoms with Gasteiger partial charge in [0.2, 0.25) is 0 Å². The molecule has 0 atom stereocenters. The van der Waals surface area contributed by atoms with Crippen LogP contribution in [0.2, 0.25) is 0 Å². The fourth-order valence-corrected chi connectivity index (χ4v) is 1.92. The normalized spacial score (nSPS) is 10.5. The highest BCUT2D eigenvalue weighted by Gasteiger charge is 2.13. The van der Waals surface area contributed by atoms with E-state index in [0.29, 0.717) is 30.7 Å². The molecule has 0 spiro atoms. The van der Waals surface area contributed by atoms with Gasteiger partial charge in [-0.25, -0.2) is 14.8 Å². The van der Waals surface area contributed by atoms with Gasteiger partial charge in [-0.3, -0.25) is 0 Å². The van der Waals surface area contributed by atoms with Crippen LogP contribution in [0.3, 0.4) is 0 Å². The minimum Gasteiger partial charge on any atom is -0.462 e. The van der Waals surface area contributed by atoms with Gasteiger partial charge < -0.3 is 19.9 Å². The van der Waals surface area contributed by atoms with E-state index in [9.17, 15) is 4.79 Å². The number of esters is 1. The number of methoxy groups -OCH3 is 1. The van der Waals surface area contributed by atoms with Crippen LogP contribution in [0.4, 0.5) is 5.82 Å². The van der Waals surface area contributed by atoms with E-state index in [1.54, 1.807) is 14.0 Å². The van der Waals surface area contributed by atoms with Gasteiger partial charge in [0, 0.05) is 19.1 Å². The number of carbonyl (C=O) groups excluding carboxylic acids is 1. The number of rotatable bonds is 9. The van der Waals surface area contributed by atoms with Crippen molar-refractivity contribution < 1.29 is 19.0 Å². The van der Waals surface area contributed by atoms with E-state index in [2.05, 4.69) is 9.97 Å². The van der Waals surface area contributed by atoms with Gasteiger partial charge in [0.05, 0.1) is 26.4 Å². The number of nitrogen functional groups attached to an aromatic ring is 1. The standard InChI is InChI=1S/C12H19N3O4S/c1-3-19-11(16)9-8-14-12(15-10(9)13)20-7-6-18-5-4-17-2/h8H,3-7H2,1-2H3,(H2,13,14,15). The Morgan fingerprint density at radius 3 is 2.85 bits per heavy atom. The van der Waals surface area contributed by atoms with E-state index in [1.807, 2.05) is 0 Å². The molecule has 0 radical (unpaired) electrons. The SMILES string of the molecule is CCOC(=O)c1cnc(SCCOCCOC)nc1N. The predicted octanol–water partition coefficient (Wildman–Crippen LogP) is 0.991. The summed E-state index contributed by atoms with van der Waals surface area (Å²) in [5, 5.41) is 0.505. The van der Waals surface area contributed by atoms with Crippen LogP contribution in [-0.4, -0.2) is 55.2 Å². The molecule has 2 N–H and O–H groups in total. The maximum absolute atomic E-state index is 11.5. The van der Waals surface area contributed by atoms with Crippen LogP contribution < -0.4 is 5.73 Å². The van der Waals surface area contributed by atoms with Gasteiger partial charge in [-0.05, 0) is 6.92 Å². The first-order chi connectivity index (χ1) is 9.69. The van der Waals surface area contributed by atoms with Gasteiger partial charge in [0.25, 0.3) is 0 Å². The summed E-state index contributed by atoms with van der Waals surface area (Å²) < 4.78 is 15.0. The molecule has 112 valence electrons. The lowest BCUT2D eigenvalue weighted by Crippen LogP contribution is -2.11. The second-order valence-corrected chi connectivity index (χ2v) is 4.69. The molecule has 1 rings (SSSR count). The Bertz CT molecular complexity index is 431. The number of ether oxygens (including phenoxy) is 3. The van der Waals surface area contributed by atoms with Crippen molar-refractivity contribution in [1.82, 2.24) is 9.97 Å². The Kier molecular flexibility index (Phi) is 7.93. The second-order valence-electron chi connectivity index (χ2n) is 3.63. The molecule has 0 aliphatic carbocycles. The largest absolute Gasteiger partial charge is 0.462 e. The van der Waals surface area contributed by atoms with Crippen molar-refractivity contribution in [2.45, 2.75) is 12.1 Å². The highest BCUT2D eigenvalue weighted by atomic mass is 32.2. The molecule has 0 bridgehead atoms. The molecule has 1 aromatic rings. The summed E-state index contributed by atoms with van der Waals surface area (Å²) in [5.74, 6) is 0.313. The highest BCUT2D eigenvalue weighted by molar-refractivity contribution is 7.99. The van der Waals surface area contributed by atoms with E-state index >= 15 is 0 Å². The van der Waals surface area contributed by atoms with Crippen molar-refractivity contribution in [1.29, 1.82) is 0 Å². The van der Waals surface area contributed by atoms with Crippen molar-refractivity contribution >= 4 is 23.5 Å². The molecule has 0 amide bonds. The smallest absolute Gasteiger partial charge is 0.343 e. The van der Waals surface area contributed by atoms with Gasteiger partial charge in [-0.1, -0.05) is 11.8 Å². The molecule has 7 nitrogen and oxygen atoms in total. The van der Waals surface area contributed by atoms with E-state index < -0.39 is 5.97 Å². The lowest BCUT2D eigenvalue weighted by Gasteiger charge is -2.06. The molecule has 1 aromatic heterocycles. The quantitative estimate of drug-likeness (QED) is 0.312. The fourth-order valence-electron chi connectivity index (χ4n) is 1.25. The molecule has 20 heavy (non-hydrogen) atoms. The number of thioether (sulfide) groups is 1. The topological polar surface area (TPSA) is 96.6 Å². The summed E-state index contributed by atoms with van der Waals surface area (Å²) >= 11 is 1.41. The van der Waals surface area contributed by atoms with Crippen LogP contribution in [0.5, 0.6) is 0 Å². The summed E-state index contributed by atoms with van der Waals surface area (Å²) in [6.45, 7) is 3.71. The highest BCUT2D eigenvalue weighted by Crippen LogP contribution is 2.16. The Hall–Kier alpha value is -1.38. The van der Waals surface area contributed by atoms with Gasteiger partial charge in [-0.2, -0.15) is 0 Å². The zero-order chi connectivity index (χ0) is 14.8. The number of carbonyl (C=O) groups is 1. The average molecular weight is 301 g/mol. The lowest BCUT2D eigenvalue weighted by molar-refractivity contribution is 0.0526. The van der Waals surface area contributed by atoms with Crippen molar-refractivity contribution in [3.63, 3.8) is 0 Å². The molecule has 0 unspecified atom stereocenters. The average Bonchev–Trinajstić information content (AvgIpc) is 2.43. The molecule has 0 saturated carbocycles. The molecule has 1 heterocycles. The Balaban J connectivity index is 2.41. The first-order valence-corrected chi connectivity index (χ1v) is 7.16. The summed E-state index contributed by atoms with van der Waals surface area (Å²) in [6, 6.07) is 0. The lowest BCUT2D eigenvalue weighted by atomic mass is 10.3. The Morgan fingerprint density at radius 1 is 1.40 bits per heavy atom. The van der Waals surface area contributed by atoms with Crippen LogP contribution in [0.25, 0.3) is 0 Å². The number of aromatic nitrogens is 2. The van der Waals surface area contributed by atoms with Crippen LogP contribution in [0.15, 0.2) is 11.4 Å². The number of nitrogens with two attached hydrogens (primary N) is 1. The fraction of sp³-hybridized carbons (Fsp3) is 0.583. The van der Waals surface area contributed by atoms with E-state index in [-0.39, 0.29) is 18.0 Å². The van der Waals surface area contributed by atoms with Gasteiger partial charge in [0.15, 0.2) is 5.16 Å². The van der Waals surface area contributed by atoms with Crippen molar-refractivity contribution in [3.8, 4) is 0 Å². The van der Waals surface area contributed by atoms with Crippen LogP contribution in [0.1, 0.15) is 17.3 Å². The van der Waals surface area contributed by atoms with Gasteiger partial charge in [0.1, 0.15) is 11.4 Å². The van der Waals surface area contributed by atoms with Crippen molar-refractivity contribution in [3.05, 3.63) is 11.8 Å². The van der Waals surface area contributed by atoms with Gasteiger partial charge in [-0.15, -0.1) is 0 Å². The third-order valence-electron chi connectivity index (χ3n) is 2.18. The summed E-state index contributed by atoms with van der Waals surface area (Å²) in [4.78, 5) is 19.6. The second kappa shape index (κ2) is 9.51. The number of hydrogen-bond donors (Lipinski definition) is 1. The molecular formula is C12H19N3O4S. The molecular weight excluding hydrogens is 282 g/mol. The maximum Gasteiger partial charge on any atom is 0.343 e. The number of nitrogens with zero attached hydrogens (tertiary/aromatic N) is 2. The van der Waals surface area contributed by atoms with Crippen LogP contribution in [0, 0.1) is 0 Å². The Morgan fingerprint density at radius 2 is 2.20 bits per heavy atom. The minimum atomic E-state index is -0.510. The molecule has 0 aromatic carbocycles. The van der Waals surface area contributed by atoms with Crippen molar-refractivity contribution in [2.24, 2.45) is 0 Å². The summed E-state index contributed by atoms with van der Waals surface area (Å²) in [6.07, 6.45) is 1.38. The van der Waals surface area contributed by atoms with E-state index in [1.165, 1.54) is 18.0 Å². The molecule has 0 aliphatic heterocycles. The number of hydrogen-bond acceptors (Lipinski definition) is 8. The van der Waals surface area contributed by atoms with E-state index in [0.717, 1.165) is 0 Å². The Labute approximate surface area is 122 Å². The van der Waals surface area contributed by atoms with E-state index in [4.69, 9.17) is 19.9 Å². The first kappa shape index (κ1) is 16.7. The summed E-state index contributed by atoms with van der Waals surface area (Å²) in [5.41, 5.74) is 5.90. The molecule has 0 saturated heterocycles. The zero-order valence-corrected chi connectivity index (χ0v) is 12.4. The monoisotopic (exact) mass is 301 g/mol. The maximum atomic E-state index is 11.5.